The lowest BCUT2D eigenvalue weighted by atomic mass is 10.1. The van der Waals surface area contributed by atoms with Crippen molar-refractivity contribution in [2.45, 2.75) is 19.8 Å². The molecule has 0 aliphatic heterocycles. The van der Waals surface area contributed by atoms with E-state index in [1.165, 1.54) is 5.56 Å². The summed E-state index contributed by atoms with van der Waals surface area (Å²) in [5.74, 6) is 0.252. The number of hydrogen-bond acceptors (Lipinski definition) is 3. The third-order valence-corrected chi connectivity index (χ3v) is 4.37. The molecule has 0 saturated carbocycles. The molecule has 0 bridgehead atoms. The van der Waals surface area contributed by atoms with Crippen LogP contribution in [0.5, 0.6) is 5.75 Å². The molecule has 0 heterocycles. The second kappa shape index (κ2) is 10.1. The third kappa shape index (κ3) is 5.94. The van der Waals surface area contributed by atoms with Crippen molar-refractivity contribution >= 4 is 23.2 Å². The summed E-state index contributed by atoms with van der Waals surface area (Å²) in [4.78, 5) is 24.2. The summed E-state index contributed by atoms with van der Waals surface area (Å²) in [6.07, 6.45) is 1.18. The van der Waals surface area contributed by atoms with E-state index >= 15 is 0 Å². The highest BCUT2D eigenvalue weighted by Crippen LogP contribution is 2.21. The maximum atomic E-state index is 12.7. The first-order chi connectivity index (χ1) is 14.2. The normalized spacial score (nSPS) is 10.2. The van der Waals surface area contributed by atoms with Crippen molar-refractivity contribution in [3.8, 4) is 5.75 Å². The fourth-order valence-electron chi connectivity index (χ4n) is 2.79. The van der Waals surface area contributed by atoms with Gasteiger partial charge in [-0.1, -0.05) is 49.4 Å². The topological polar surface area (TPSA) is 67.4 Å². The molecule has 5 heteroatoms. The first kappa shape index (κ1) is 20.1. The Morgan fingerprint density at radius 1 is 0.793 bits per heavy atom. The Morgan fingerprint density at radius 2 is 1.41 bits per heavy atom. The summed E-state index contributed by atoms with van der Waals surface area (Å²) < 4.78 is 5.87. The molecule has 0 saturated heterocycles. The van der Waals surface area contributed by atoms with Gasteiger partial charge in [-0.05, 0) is 42.0 Å². The van der Waals surface area contributed by atoms with Gasteiger partial charge in [0.1, 0.15) is 5.75 Å². The van der Waals surface area contributed by atoms with Crippen LogP contribution >= 0.6 is 0 Å². The molecule has 0 radical (unpaired) electrons. The molecule has 2 N–H and O–H groups in total. The molecular formula is C24H24N2O3. The number of benzene rings is 3. The smallest absolute Gasteiger partial charge is 0.259 e. The van der Waals surface area contributed by atoms with Crippen LogP contribution in [0.25, 0.3) is 0 Å². The van der Waals surface area contributed by atoms with E-state index in [-0.39, 0.29) is 11.8 Å². The van der Waals surface area contributed by atoms with Crippen LogP contribution in [0.15, 0.2) is 78.9 Å². The zero-order valence-electron chi connectivity index (χ0n) is 16.4. The molecule has 0 spiro atoms. The van der Waals surface area contributed by atoms with Gasteiger partial charge >= 0.3 is 0 Å². The predicted molar refractivity (Wildman–Crippen MR) is 115 cm³/mol. The van der Waals surface area contributed by atoms with Gasteiger partial charge in [-0.2, -0.15) is 0 Å². The Balaban J connectivity index is 1.61. The molecular weight excluding hydrogens is 364 g/mol. The van der Waals surface area contributed by atoms with E-state index in [0.29, 0.717) is 35.7 Å². The van der Waals surface area contributed by atoms with Crippen LogP contribution in [0.1, 0.15) is 29.3 Å². The lowest BCUT2D eigenvalue weighted by Crippen LogP contribution is -2.14. The zero-order chi connectivity index (χ0) is 20.5. The van der Waals surface area contributed by atoms with E-state index in [4.69, 9.17) is 4.74 Å². The van der Waals surface area contributed by atoms with Crippen molar-refractivity contribution in [3.63, 3.8) is 0 Å². The van der Waals surface area contributed by atoms with Crippen LogP contribution in [0.4, 0.5) is 11.4 Å². The summed E-state index contributed by atoms with van der Waals surface area (Å²) in [5, 5.41) is 5.65. The fraction of sp³-hybridized carbons (Fsp3) is 0.167. The molecule has 0 fully saturated rings. The highest BCUT2D eigenvalue weighted by molar-refractivity contribution is 6.06. The van der Waals surface area contributed by atoms with Crippen LogP contribution in [0, 0.1) is 0 Å². The summed E-state index contributed by atoms with van der Waals surface area (Å²) in [6.45, 7) is 2.28. The van der Waals surface area contributed by atoms with Crippen molar-refractivity contribution < 1.29 is 14.3 Å². The van der Waals surface area contributed by atoms with Gasteiger partial charge in [-0.3, -0.25) is 9.59 Å². The van der Waals surface area contributed by atoms with Crippen molar-refractivity contribution in [2.24, 2.45) is 0 Å². The molecule has 2 amide bonds. The van der Waals surface area contributed by atoms with E-state index in [1.807, 2.05) is 30.3 Å². The van der Waals surface area contributed by atoms with Gasteiger partial charge in [-0.25, -0.2) is 0 Å². The highest BCUT2D eigenvalue weighted by Gasteiger charge is 2.12. The summed E-state index contributed by atoms with van der Waals surface area (Å²) in [7, 11) is 0. The summed E-state index contributed by atoms with van der Waals surface area (Å²) >= 11 is 0. The number of carbonyl (C=O) groups is 2. The first-order valence-electron chi connectivity index (χ1n) is 9.62. The number of rotatable bonds is 8. The van der Waals surface area contributed by atoms with Gasteiger partial charge in [0, 0.05) is 24.2 Å². The van der Waals surface area contributed by atoms with Gasteiger partial charge in [0.15, 0.2) is 0 Å². The lowest BCUT2D eigenvalue weighted by Gasteiger charge is -2.12. The van der Waals surface area contributed by atoms with Gasteiger partial charge < -0.3 is 15.4 Å². The van der Waals surface area contributed by atoms with E-state index in [2.05, 4.69) is 22.8 Å². The Hall–Kier alpha value is -3.60. The van der Waals surface area contributed by atoms with Crippen molar-refractivity contribution in [1.82, 2.24) is 0 Å². The lowest BCUT2D eigenvalue weighted by molar-refractivity contribution is -0.115. The van der Waals surface area contributed by atoms with Crippen molar-refractivity contribution in [2.75, 3.05) is 17.2 Å². The average Bonchev–Trinajstić information content (AvgIpc) is 2.76. The van der Waals surface area contributed by atoms with Crippen molar-refractivity contribution in [1.29, 1.82) is 0 Å². The summed E-state index contributed by atoms with van der Waals surface area (Å²) in [6, 6.07) is 24.3. The van der Waals surface area contributed by atoms with Crippen LogP contribution in [0.2, 0.25) is 0 Å². The molecule has 0 aromatic heterocycles. The Bertz CT molecular complexity index is 953. The minimum Gasteiger partial charge on any atom is -0.492 e. The maximum Gasteiger partial charge on any atom is 0.259 e. The minimum atomic E-state index is -0.245. The molecule has 3 rings (SSSR count). The van der Waals surface area contributed by atoms with Crippen LogP contribution in [-0.4, -0.2) is 18.4 Å². The number of carbonyl (C=O) groups excluding carboxylic acids is 2. The van der Waals surface area contributed by atoms with Gasteiger partial charge in [0.05, 0.1) is 12.2 Å². The third-order valence-electron chi connectivity index (χ3n) is 4.37. The molecule has 29 heavy (non-hydrogen) atoms. The molecule has 3 aromatic carbocycles. The first-order valence-corrected chi connectivity index (χ1v) is 9.62. The Kier molecular flexibility index (Phi) is 7.00. The number of ether oxygens (including phenoxy) is 1. The summed E-state index contributed by atoms with van der Waals surface area (Å²) in [5.41, 5.74) is 3.00. The average molecular weight is 388 g/mol. The number of nitrogens with one attached hydrogen (secondary N) is 2. The molecule has 0 atom stereocenters. The van der Waals surface area contributed by atoms with E-state index < -0.39 is 0 Å². The van der Waals surface area contributed by atoms with Gasteiger partial charge in [0.25, 0.3) is 5.91 Å². The van der Waals surface area contributed by atoms with E-state index in [1.54, 1.807) is 43.3 Å². The van der Waals surface area contributed by atoms with Gasteiger partial charge in [0.2, 0.25) is 5.91 Å². The molecule has 0 aliphatic carbocycles. The Labute approximate surface area is 170 Å². The van der Waals surface area contributed by atoms with Crippen LogP contribution < -0.4 is 15.4 Å². The second-order valence-corrected chi connectivity index (χ2v) is 6.51. The highest BCUT2D eigenvalue weighted by atomic mass is 16.5. The monoisotopic (exact) mass is 388 g/mol. The SMILES string of the molecule is CCC(=O)Nc1ccc(NC(=O)c2ccccc2OCCc2ccccc2)cc1. The van der Waals surface area contributed by atoms with Crippen LogP contribution in [-0.2, 0) is 11.2 Å². The minimum absolute atomic E-state index is 0.0524. The number of para-hydroxylation sites is 1. The molecule has 5 nitrogen and oxygen atoms in total. The van der Waals surface area contributed by atoms with Crippen molar-refractivity contribution in [3.05, 3.63) is 90.0 Å². The fourth-order valence-corrected chi connectivity index (χ4v) is 2.79. The molecule has 0 unspecified atom stereocenters. The Morgan fingerprint density at radius 3 is 2.10 bits per heavy atom. The molecule has 148 valence electrons. The molecule has 3 aromatic rings. The van der Waals surface area contributed by atoms with E-state index in [0.717, 1.165) is 6.42 Å². The maximum absolute atomic E-state index is 12.7. The second-order valence-electron chi connectivity index (χ2n) is 6.51. The van der Waals surface area contributed by atoms with Gasteiger partial charge in [-0.15, -0.1) is 0 Å². The largest absolute Gasteiger partial charge is 0.492 e. The number of amides is 2. The standard InChI is InChI=1S/C24H24N2O3/c1-2-23(27)25-19-12-14-20(15-13-19)26-24(28)21-10-6-7-11-22(21)29-17-16-18-8-4-3-5-9-18/h3-15H,2,16-17H2,1H3,(H,25,27)(H,26,28). The van der Waals surface area contributed by atoms with Crippen LogP contribution in [0.3, 0.4) is 0 Å². The zero-order valence-corrected chi connectivity index (χ0v) is 16.4. The number of hydrogen-bond donors (Lipinski definition) is 2. The quantitative estimate of drug-likeness (QED) is 0.576. The van der Waals surface area contributed by atoms with E-state index in [9.17, 15) is 9.59 Å². The molecule has 0 aliphatic rings. The predicted octanol–water partition coefficient (Wildman–Crippen LogP) is 4.91. The number of anilines is 2.